The number of nitrogens with one attached hydrogen (secondary N) is 1. The number of aromatic nitrogens is 2. The van der Waals surface area contributed by atoms with Gasteiger partial charge in [-0.15, -0.1) is 0 Å². The van der Waals surface area contributed by atoms with Gasteiger partial charge >= 0.3 is 0 Å². The van der Waals surface area contributed by atoms with Crippen LogP contribution in [0.1, 0.15) is 22.7 Å². The highest BCUT2D eigenvalue weighted by Crippen LogP contribution is 2.22. The molecule has 4 aromatic rings. The summed E-state index contributed by atoms with van der Waals surface area (Å²) in [5, 5.41) is 2.51. The Morgan fingerprint density at radius 2 is 1.67 bits per heavy atom. The predicted octanol–water partition coefficient (Wildman–Crippen LogP) is 4.79. The van der Waals surface area contributed by atoms with Gasteiger partial charge in [0.2, 0.25) is 12.2 Å². The molecular formula is C24H19N3O3. The SMILES string of the molecule is O=CNc1ccc(-c2cnc(C(=O)CCc3ccc(-c4ccccc4)cc3)o2)nc1. The Labute approximate surface area is 173 Å². The first-order chi connectivity index (χ1) is 14.7. The van der Waals surface area contributed by atoms with Gasteiger partial charge in [-0.3, -0.25) is 14.6 Å². The van der Waals surface area contributed by atoms with E-state index in [2.05, 4.69) is 39.6 Å². The molecule has 2 aromatic carbocycles. The quantitative estimate of drug-likeness (QED) is 0.341. The van der Waals surface area contributed by atoms with E-state index in [0.29, 0.717) is 36.4 Å². The molecule has 0 radical (unpaired) electrons. The summed E-state index contributed by atoms with van der Waals surface area (Å²) in [7, 11) is 0. The van der Waals surface area contributed by atoms with E-state index in [1.54, 1.807) is 12.1 Å². The summed E-state index contributed by atoms with van der Waals surface area (Å²) in [6.45, 7) is 0. The minimum Gasteiger partial charge on any atom is -0.432 e. The van der Waals surface area contributed by atoms with E-state index in [1.165, 1.54) is 12.4 Å². The van der Waals surface area contributed by atoms with Crippen molar-refractivity contribution < 1.29 is 14.0 Å². The Kier molecular flexibility index (Phi) is 5.75. The lowest BCUT2D eigenvalue weighted by Gasteiger charge is -2.04. The topological polar surface area (TPSA) is 85.1 Å². The average Bonchev–Trinajstić information content (AvgIpc) is 3.30. The van der Waals surface area contributed by atoms with E-state index >= 15 is 0 Å². The summed E-state index contributed by atoms with van der Waals surface area (Å²) < 4.78 is 5.58. The summed E-state index contributed by atoms with van der Waals surface area (Å²) in [6.07, 6.45) is 4.48. The maximum Gasteiger partial charge on any atom is 0.263 e. The highest BCUT2D eigenvalue weighted by Gasteiger charge is 2.15. The monoisotopic (exact) mass is 397 g/mol. The van der Waals surface area contributed by atoms with E-state index < -0.39 is 0 Å². The summed E-state index contributed by atoms with van der Waals surface area (Å²) in [4.78, 5) is 31.2. The molecule has 0 aliphatic carbocycles. The first-order valence-corrected chi connectivity index (χ1v) is 9.53. The number of pyridine rings is 1. The number of hydrogen-bond donors (Lipinski definition) is 1. The van der Waals surface area contributed by atoms with E-state index in [0.717, 1.165) is 16.7 Å². The Balaban J connectivity index is 1.37. The van der Waals surface area contributed by atoms with E-state index in [1.807, 2.05) is 30.3 Å². The molecule has 6 nitrogen and oxygen atoms in total. The van der Waals surface area contributed by atoms with Gasteiger partial charge in [-0.05, 0) is 35.2 Å². The van der Waals surface area contributed by atoms with Crippen molar-refractivity contribution in [1.82, 2.24) is 9.97 Å². The number of Topliss-reactive ketones (excluding diaryl/α,β-unsaturated/α-hetero) is 1. The number of oxazole rings is 1. The molecule has 0 aliphatic heterocycles. The smallest absolute Gasteiger partial charge is 0.263 e. The lowest BCUT2D eigenvalue weighted by atomic mass is 10.0. The molecule has 4 rings (SSSR count). The zero-order valence-electron chi connectivity index (χ0n) is 16.1. The number of nitrogens with zero attached hydrogens (tertiary/aromatic N) is 2. The molecule has 0 unspecified atom stereocenters. The molecule has 0 saturated heterocycles. The van der Waals surface area contributed by atoms with Gasteiger partial charge in [-0.1, -0.05) is 54.6 Å². The summed E-state index contributed by atoms with van der Waals surface area (Å²) in [6, 6.07) is 21.7. The maximum absolute atomic E-state index is 12.5. The Hall–Kier alpha value is -4.06. The fourth-order valence-electron chi connectivity index (χ4n) is 3.07. The third-order valence-electron chi connectivity index (χ3n) is 4.69. The van der Waals surface area contributed by atoms with E-state index in [4.69, 9.17) is 4.42 Å². The second-order valence-electron chi connectivity index (χ2n) is 6.71. The van der Waals surface area contributed by atoms with Gasteiger partial charge in [0, 0.05) is 6.42 Å². The molecule has 1 N–H and O–H groups in total. The van der Waals surface area contributed by atoms with Crippen LogP contribution in [-0.4, -0.2) is 22.2 Å². The lowest BCUT2D eigenvalue weighted by Crippen LogP contribution is -2.01. The molecular weight excluding hydrogens is 378 g/mol. The van der Waals surface area contributed by atoms with Gasteiger partial charge in [0.1, 0.15) is 5.69 Å². The zero-order valence-corrected chi connectivity index (χ0v) is 16.1. The number of amides is 1. The van der Waals surface area contributed by atoms with Crippen molar-refractivity contribution >= 4 is 17.9 Å². The van der Waals surface area contributed by atoms with Crippen LogP contribution in [0.2, 0.25) is 0 Å². The minimum absolute atomic E-state index is 0.0720. The summed E-state index contributed by atoms with van der Waals surface area (Å²) in [5.41, 5.74) is 4.49. The second kappa shape index (κ2) is 8.96. The Morgan fingerprint density at radius 3 is 2.37 bits per heavy atom. The van der Waals surface area contributed by atoms with Gasteiger partial charge in [0.05, 0.1) is 18.1 Å². The number of carbonyl (C=O) groups excluding carboxylic acids is 2. The van der Waals surface area contributed by atoms with Crippen LogP contribution in [0.15, 0.2) is 83.5 Å². The minimum atomic E-state index is -0.160. The van der Waals surface area contributed by atoms with Gasteiger partial charge in [0.15, 0.2) is 5.76 Å². The molecule has 2 aromatic heterocycles. The molecule has 148 valence electrons. The van der Waals surface area contributed by atoms with Gasteiger partial charge in [-0.25, -0.2) is 4.98 Å². The van der Waals surface area contributed by atoms with E-state index in [-0.39, 0.29) is 11.7 Å². The highest BCUT2D eigenvalue weighted by atomic mass is 16.4. The summed E-state index contributed by atoms with van der Waals surface area (Å²) in [5.74, 6) is 0.318. The van der Waals surface area contributed by atoms with Crippen LogP contribution >= 0.6 is 0 Å². The van der Waals surface area contributed by atoms with Crippen molar-refractivity contribution in [3.05, 3.63) is 90.6 Å². The number of benzene rings is 2. The fraction of sp³-hybridized carbons (Fsp3) is 0.0833. The largest absolute Gasteiger partial charge is 0.432 e. The van der Waals surface area contributed by atoms with Crippen LogP contribution in [-0.2, 0) is 11.2 Å². The molecule has 0 aliphatic rings. The fourth-order valence-corrected chi connectivity index (χ4v) is 3.07. The molecule has 0 spiro atoms. The van der Waals surface area contributed by atoms with Crippen molar-refractivity contribution in [3.8, 4) is 22.6 Å². The van der Waals surface area contributed by atoms with Gasteiger partial charge in [-0.2, -0.15) is 0 Å². The number of rotatable bonds is 8. The average molecular weight is 397 g/mol. The molecule has 30 heavy (non-hydrogen) atoms. The molecule has 0 atom stereocenters. The molecule has 0 saturated carbocycles. The Morgan fingerprint density at radius 1 is 0.900 bits per heavy atom. The van der Waals surface area contributed by atoms with Crippen LogP contribution in [0.4, 0.5) is 5.69 Å². The van der Waals surface area contributed by atoms with Crippen molar-refractivity contribution in [2.75, 3.05) is 5.32 Å². The third-order valence-corrected chi connectivity index (χ3v) is 4.69. The number of aryl methyl sites for hydroxylation is 1. The molecule has 0 fully saturated rings. The number of anilines is 1. The first-order valence-electron chi connectivity index (χ1n) is 9.53. The van der Waals surface area contributed by atoms with Crippen molar-refractivity contribution in [2.45, 2.75) is 12.8 Å². The van der Waals surface area contributed by atoms with Crippen LogP contribution in [0.3, 0.4) is 0 Å². The van der Waals surface area contributed by atoms with E-state index in [9.17, 15) is 9.59 Å². The predicted molar refractivity (Wildman–Crippen MR) is 114 cm³/mol. The second-order valence-corrected chi connectivity index (χ2v) is 6.71. The maximum atomic E-state index is 12.5. The number of hydrogen-bond acceptors (Lipinski definition) is 5. The van der Waals surface area contributed by atoms with Crippen LogP contribution in [0.25, 0.3) is 22.6 Å². The van der Waals surface area contributed by atoms with Gasteiger partial charge < -0.3 is 9.73 Å². The van der Waals surface area contributed by atoms with Crippen molar-refractivity contribution in [3.63, 3.8) is 0 Å². The number of carbonyl (C=O) groups is 2. The lowest BCUT2D eigenvalue weighted by molar-refractivity contribution is -0.105. The normalized spacial score (nSPS) is 10.5. The standard InChI is InChI=1S/C24H19N3O3/c28-16-27-20-11-12-21(25-14-20)23-15-26-24(30-23)22(29)13-8-17-6-9-19(10-7-17)18-4-2-1-3-5-18/h1-7,9-12,14-16H,8,13H2,(H,27,28). The highest BCUT2D eigenvalue weighted by molar-refractivity contribution is 5.92. The van der Waals surface area contributed by atoms with Crippen molar-refractivity contribution in [1.29, 1.82) is 0 Å². The molecule has 6 heteroatoms. The zero-order chi connectivity index (χ0) is 20.8. The van der Waals surface area contributed by atoms with Gasteiger partial charge in [0.25, 0.3) is 5.89 Å². The molecule has 1 amide bonds. The third kappa shape index (κ3) is 4.50. The first kappa shape index (κ1) is 19.3. The number of ketones is 1. The molecule has 2 heterocycles. The summed E-state index contributed by atoms with van der Waals surface area (Å²) >= 11 is 0. The van der Waals surface area contributed by atoms with Crippen LogP contribution in [0, 0.1) is 0 Å². The Bertz CT molecular complexity index is 1130. The van der Waals surface area contributed by atoms with Crippen LogP contribution < -0.4 is 5.32 Å². The van der Waals surface area contributed by atoms with Crippen LogP contribution in [0.5, 0.6) is 0 Å². The van der Waals surface area contributed by atoms with Crippen molar-refractivity contribution in [2.24, 2.45) is 0 Å². The molecule has 0 bridgehead atoms.